The SMILES string of the molecule is COc1cccc(C(=O)N2C[C@H](C(=O)NCc3ccc(F)cc3)[C@H](c3cccc(OC)c3OC)C2)c1. The molecule has 2 atom stereocenters. The van der Waals surface area contributed by atoms with Crippen LogP contribution in [-0.4, -0.2) is 51.1 Å². The average Bonchev–Trinajstić information content (AvgIpc) is 3.37. The first-order chi connectivity index (χ1) is 17.4. The molecule has 1 heterocycles. The van der Waals surface area contributed by atoms with E-state index in [0.717, 1.165) is 11.1 Å². The maximum atomic E-state index is 13.4. The van der Waals surface area contributed by atoms with E-state index in [-0.39, 0.29) is 36.6 Å². The summed E-state index contributed by atoms with van der Waals surface area (Å²) in [6.07, 6.45) is 0. The molecule has 7 nitrogen and oxygen atoms in total. The molecule has 0 aromatic heterocycles. The van der Waals surface area contributed by atoms with Gasteiger partial charge in [0.2, 0.25) is 5.91 Å². The Labute approximate surface area is 209 Å². The van der Waals surface area contributed by atoms with E-state index in [1.165, 1.54) is 12.1 Å². The van der Waals surface area contributed by atoms with Crippen molar-refractivity contribution in [3.8, 4) is 17.2 Å². The van der Waals surface area contributed by atoms with E-state index in [9.17, 15) is 14.0 Å². The normalized spacial score (nSPS) is 16.9. The van der Waals surface area contributed by atoms with Crippen LogP contribution in [0.5, 0.6) is 17.2 Å². The van der Waals surface area contributed by atoms with Crippen LogP contribution in [-0.2, 0) is 11.3 Å². The lowest BCUT2D eigenvalue weighted by Crippen LogP contribution is -2.35. The number of benzene rings is 3. The molecule has 0 radical (unpaired) electrons. The van der Waals surface area contributed by atoms with Crippen LogP contribution in [0.3, 0.4) is 0 Å². The van der Waals surface area contributed by atoms with E-state index >= 15 is 0 Å². The molecular weight excluding hydrogens is 463 g/mol. The van der Waals surface area contributed by atoms with Gasteiger partial charge in [-0.1, -0.05) is 30.3 Å². The fourth-order valence-electron chi connectivity index (χ4n) is 4.62. The fourth-order valence-corrected chi connectivity index (χ4v) is 4.62. The number of carbonyl (C=O) groups is 2. The van der Waals surface area contributed by atoms with Gasteiger partial charge in [-0.15, -0.1) is 0 Å². The lowest BCUT2D eigenvalue weighted by Gasteiger charge is -2.21. The summed E-state index contributed by atoms with van der Waals surface area (Å²) in [5.74, 6) is 0.107. The Morgan fingerprint density at radius 1 is 0.944 bits per heavy atom. The zero-order valence-electron chi connectivity index (χ0n) is 20.5. The van der Waals surface area contributed by atoms with Crippen molar-refractivity contribution in [1.82, 2.24) is 10.2 Å². The minimum absolute atomic E-state index is 0.186. The third-order valence-corrected chi connectivity index (χ3v) is 6.47. The van der Waals surface area contributed by atoms with Crippen molar-refractivity contribution >= 4 is 11.8 Å². The maximum Gasteiger partial charge on any atom is 0.254 e. The van der Waals surface area contributed by atoms with E-state index in [2.05, 4.69) is 5.32 Å². The predicted octanol–water partition coefficient (Wildman–Crippen LogP) is 4.02. The molecule has 1 N–H and O–H groups in total. The Kier molecular flexibility index (Phi) is 7.73. The Hall–Kier alpha value is -4.07. The summed E-state index contributed by atoms with van der Waals surface area (Å²) in [6, 6.07) is 18.5. The van der Waals surface area contributed by atoms with Crippen LogP contribution < -0.4 is 19.5 Å². The lowest BCUT2D eigenvalue weighted by atomic mass is 9.87. The van der Waals surface area contributed by atoms with Crippen molar-refractivity contribution < 1.29 is 28.2 Å². The molecule has 3 aromatic carbocycles. The summed E-state index contributed by atoms with van der Waals surface area (Å²) < 4.78 is 29.6. The molecule has 36 heavy (non-hydrogen) atoms. The number of nitrogens with zero attached hydrogens (tertiary/aromatic N) is 1. The number of nitrogens with one attached hydrogen (secondary N) is 1. The van der Waals surface area contributed by atoms with E-state index < -0.39 is 5.92 Å². The Morgan fingerprint density at radius 2 is 1.69 bits per heavy atom. The molecule has 1 saturated heterocycles. The summed E-state index contributed by atoms with van der Waals surface area (Å²) >= 11 is 0. The Morgan fingerprint density at radius 3 is 2.39 bits per heavy atom. The highest BCUT2D eigenvalue weighted by molar-refractivity contribution is 5.95. The minimum atomic E-state index is -0.527. The topological polar surface area (TPSA) is 77.1 Å². The number of halogens is 1. The number of hydrogen-bond acceptors (Lipinski definition) is 5. The quantitative estimate of drug-likeness (QED) is 0.514. The van der Waals surface area contributed by atoms with E-state index in [0.29, 0.717) is 29.4 Å². The molecular formula is C28H29FN2O5. The first kappa shape index (κ1) is 25.0. The van der Waals surface area contributed by atoms with Gasteiger partial charge in [-0.2, -0.15) is 0 Å². The number of carbonyl (C=O) groups excluding carboxylic acids is 2. The summed E-state index contributed by atoms with van der Waals surface area (Å²) in [4.78, 5) is 28.5. The number of amides is 2. The largest absolute Gasteiger partial charge is 0.497 e. The van der Waals surface area contributed by atoms with Crippen molar-refractivity contribution in [2.24, 2.45) is 5.92 Å². The highest BCUT2D eigenvalue weighted by Crippen LogP contribution is 2.42. The molecule has 0 aliphatic carbocycles. The van der Waals surface area contributed by atoms with Gasteiger partial charge in [0.25, 0.3) is 5.91 Å². The van der Waals surface area contributed by atoms with Crippen LogP contribution in [0.1, 0.15) is 27.4 Å². The number of ether oxygens (including phenoxy) is 3. The van der Waals surface area contributed by atoms with Crippen molar-refractivity contribution in [2.75, 3.05) is 34.4 Å². The lowest BCUT2D eigenvalue weighted by molar-refractivity contribution is -0.125. The molecule has 1 aliphatic heterocycles. The van der Waals surface area contributed by atoms with E-state index in [1.807, 2.05) is 12.1 Å². The number of likely N-dealkylation sites (tertiary alicyclic amines) is 1. The molecule has 1 aliphatic rings. The highest BCUT2D eigenvalue weighted by atomic mass is 19.1. The Balaban J connectivity index is 1.62. The molecule has 0 spiro atoms. The summed E-state index contributed by atoms with van der Waals surface area (Å²) in [5.41, 5.74) is 2.06. The van der Waals surface area contributed by atoms with Gasteiger partial charge < -0.3 is 24.4 Å². The van der Waals surface area contributed by atoms with Gasteiger partial charge in [-0.3, -0.25) is 9.59 Å². The van der Waals surface area contributed by atoms with Gasteiger partial charge in [-0.05, 0) is 42.0 Å². The van der Waals surface area contributed by atoms with Gasteiger partial charge in [0.15, 0.2) is 11.5 Å². The molecule has 8 heteroatoms. The van der Waals surface area contributed by atoms with E-state index in [4.69, 9.17) is 14.2 Å². The molecule has 0 bridgehead atoms. The van der Waals surface area contributed by atoms with Crippen LogP contribution >= 0.6 is 0 Å². The van der Waals surface area contributed by atoms with Gasteiger partial charge >= 0.3 is 0 Å². The molecule has 0 unspecified atom stereocenters. The standard InChI is InChI=1S/C28H29FN2O5/c1-34-21-7-4-6-19(14-21)28(33)31-16-23(22-8-5-9-25(35-2)26(22)36-3)24(17-31)27(32)30-15-18-10-12-20(29)13-11-18/h4-14,23-24H,15-17H2,1-3H3,(H,30,32)/t23-,24-/m0/s1. The van der Waals surface area contributed by atoms with Crippen LogP contribution in [0.2, 0.25) is 0 Å². The zero-order chi connectivity index (χ0) is 25.7. The van der Waals surface area contributed by atoms with Gasteiger partial charge in [0.1, 0.15) is 11.6 Å². The smallest absolute Gasteiger partial charge is 0.254 e. The summed E-state index contributed by atoms with van der Waals surface area (Å²) in [7, 11) is 4.66. The van der Waals surface area contributed by atoms with Crippen molar-refractivity contribution in [3.05, 3.63) is 89.2 Å². The van der Waals surface area contributed by atoms with Gasteiger partial charge in [0.05, 0.1) is 27.2 Å². The third kappa shape index (κ3) is 5.27. The molecule has 2 amide bonds. The first-order valence-electron chi connectivity index (χ1n) is 11.6. The van der Waals surface area contributed by atoms with Gasteiger partial charge in [0, 0.05) is 36.7 Å². The van der Waals surface area contributed by atoms with Crippen molar-refractivity contribution in [3.63, 3.8) is 0 Å². The summed E-state index contributed by atoms with van der Waals surface area (Å²) in [6.45, 7) is 0.811. The van der Waals surface area contributed by atoms with Crippen LogP contribution in [0.15, 0.2) is 66.7 Å². The molecule has 1 fully saturated rings. The average molecular weight is 493 g/mol. The molecule has 4 rings (SSSR count). The maximum absolute atomic E-state index is 13.4. The second-order valence-electron chi connectivity index (χ2n) is 8.58. The number of para-hydroxylation sites is 1. The van der Waals surface area contributed by atoms with Crippen molar-refractivity contribution in [1.29, 1.82) is 0 Å². The molecule has 3 aromatic rings. The minimum Gasteiger partial charge on any atom is -0.497 e. The van der Waals surface area contributed by atoms with Crippen LogP contribution in [0, 0.1) is 11.7 Å². The second kappa shape index (κ2) is 11.1. The van der Waals surface area contributed by atoms with Crippen LogP contribution in [0.4, 0.5) is 4.39 Å². The van der Waals surface area contributed by atoms with Crippen molar-refractivity contribution in [2.45, 2.75) is 12.5 Å². The Bertz CT molecular complexity index is 1230. The number of hydrogen-bond donors (Lipinski definition) is 1. The monoisotopic (exact) mass is 492 g/mol. The second-order valence-corrected chi connectivity index (χ2v) is 8.58. The highest BCUT2D eigenvalue weighted by Gasteiger charge is 2.42. The fraction of sp³-hybridized carbons (Fsp3) is 0.286. The van der Waals surface area contributed by atoms with Gasteiger partial charge in [-0.25, -0.2) is 4.39 Å². The number of methoxy groups -OCH3 is 3. The first-order valence-corrected chi connectivity index (χ1v) is 11.6. The van der Waals surface area contributed by atoms with E-state index in [1.54, 1.807) is 68.7 Å². The number of rotatable bonds is 8. The third-order valence-electron chi connectivity index (χ3n) is 6.47. The van der Waals surface area contributed by atoms with Crippen LogP contribution in [0.25, 0.3) is 0 Å². The molecule has 188 valence electrons. The zero-order valence-corrected chi connectivity index (χ0v) is 20.5. The molecule has 0 saturated carbocycles. The predicted molar refractivity (Wildman–Crippen MR) is 133 cm³/mol. The summed E-state index contributed by atoms with van der Waals surface area (Å²) in [5, 5.41) is 2.95.